The molecule has 2 aromatic carbocycles. The average molecular weight is 369 g/mol. The Bertz CT molecular complexity index is 727. The molecule has 144 valence electrons. The number of hydrogen-bond donors (Lipinski definition) is 2. The molecule has 0 saturated heterocycles. The molecule has 2 rings (SSSR count). The predicted octanol–water partition coefficient (Wildman–Crippen LogP) is 1.53. The van der Waals surface area contributed by atoms with E-state index in [-0.39, 0.29) is 24.3 Å². The number of carbonyl (C=O) groups is 2. The summed E-state index contributed by atoms with van der Waals surface area (Å²) in [7, 11) is 4.19. The standard InChI is InChI=1S/C22H28N2O3/c1-4-21(25)18-10-12-20(13-11-18)27-16-22(26)23-15-19(24(2)3)14-17-8-6-5-7-9-17/h5-13,19H,4,14-16H2,1-3H3,(H,23,26)/p+1/t19-/m1/s1. The van der Waals surface area contributed by atoms with Gasteiger partial charge in [0.1, 0.15) is 11.8 Å². The molecule has 0 aliphatic rings. The van der Waals surface area contributed by atoms with Crippen LogP contribution >= 0.6 is 0 Å². The Morgan fingerprint density at radius 3 is 2.30 bits per heavy atom. The van der Waals surface area contributed by atoms with Gasteiger partial charge < -0.3 is 15.0 Å². The van der Waals surface area contributed by atoms with Gasteiger partial charge in [-0.05, 0) is 29.8 Å². The van der Waals surface area contributed by atoms with Gasteiger partial charge in [0.15, 0.2) is 12.4 Å². The lowest BCUT2D eigenvalue weighted by atomic mass is 10.1. The second kappa shape index (κ2) is 10.5. The fraction of sp³-hybridized carbons (Fsp3) is 0.364. The van der Waals surface area contributed by atoms with E-state index in [1.54, 1.807) is 24.3 Å². The van der Waals surface area contributed by atoms with Crippen LogP contribution in [0.3, 0.4) is 0 Å². The Morgan fingerprint density at radius 1 is 1.04 bits per heavy atom. The van der Waals surface area contributed by atoms with Crippen molar-refractivity contribution < 1.29 is 19.2 Å². The molecule has 0 radical (unpaired) electrons. The molecule has 0 aromatic heterocycles. The summed E-state index contributed by atoms with van der Waals surface area (Å²) >= 11 is 0. The first kappa shape index (κ1) is 20.6. The number of ether oxygens (including phenoxy) is 1. The summed E-state index contributed by atoms with van der Waals surface area (Å²) in [4.78, 5) is 25.0. The smallest absolute Gasteiger partial charge is 0.258 e. The molecular weight excluding hydrogens is 340 g/mol. The second-order valence-electron chi connectivity index (χ2n) is 6.86. The SMILES string of the molecule is CCC(=O)c1ccc(OCC(=O)NC[C@@H](Cc2ccccc2)[NH+](C)C)cc1. The molecule has 0 fully saturated rings. The first-order chi connectivity index (χ1) is 13.0. The quantitative estimate of drug-likeness (QED) is 0.625. The van der Waals surface area contributed by atoms with Crippen LogP contribution in [-0.4, -0.2) is 45.0 Å². The highest BCUT2D eigenvalue weighted by Crippen LogP contribution is 2.13. The van der Waals surface area contributed by atoms with Gasteiger partial charge in [0.2, 0.25) is 0 Å². The van der Waals surface area contributed by atoms with Crippen molar-refractivity contribution in [2.24, 2.45) is 0 Å². The molecular formula is C22H29N2O3+. The van der Waals surface area contributed by atoms with E-state index in [1.807, 2.05) is 25.1 Å². The van der Waals surface area contributed by atoms with Gasteiger partial charge in [-0.25, -0.2) is 0 Å². The highest BCUT2D eigenvalue weighted by Gasteiger charge is 2.17. The number of ketones is 1. The summed E-state index contributed by atoms with van der Waals surface area (Å²) in [6.07, 6.45) is 1.37. The van der Waals surface area contributed by atoms with Crippen LogP contribution in [-0.2, 0) is 11.2 Å². The predicted molar refractivity (Wildman–Crippen MR) is 106 cm³/mol. The van der Waals surface area contributed by atoms with Crippen molar-refractivity contribution >= 4 is 11.7 Å². The highest BCUT2D eigenvalue weighted by atomic mass is 16.5. The van der Waals surface area contributed by atoms with Crippen molar-refractivity contribution in [2.75, 3.05) is 27.2 Å². The van der Waals surface area contributed by atoms with Crippen molar-refractivity contribution in [3.63, 3.8) is 0 Å². The number of hydrogen-bond acceptors (Lipinski definition) is 3. The molecule has 0 heterocycles. The van der Waals surface area contributed by atoms with Crippen LogP contribution in [0.1, 0.15) is 29.3 Å². The maximum absolute atomic E-state index is 12.1. The first-order valence-corrected chi connectivity index (χ1v) is 9.36. The summed E-state index contributed by atoms with van der Waals surface area (Å²) < 4.78 is 5.52. The number of rotatable bonds is 10. The van der Waals surface area contributed by atoms with E-state index in [1.165, 1.54) is 10.5 Å². The Kier molecular flexibility index (Phi) is 8.01. The van der Waals surface area contributed by atoms with Crippen LogP contribution in [0.5, 0.6) is 5.75 Å². The number of Topliss-reactive ketones (excluding diaryl/α,β-unsaturated/α-hetero) is 1. The molecule has 2 aromatic rings. The molecule has 27 heavy (non-hydrogen) atoms. The summed E-state index contributed by atoms with van der Waals surface area (Å²) in [6.45, 7) is 2.38. The molecule has 0 bridgehead atoms. The molecule has 0 aliphatic heterocycles. The van der Waals surface area contributed by atoms with Gasteiger partial charge >= 0.3 is 0 Å². The Balaban J connectivity index is 1.79. The summed E-state index contributed by atoms with van der Waals surface area (Å²) in [5, 5.41) is 2.95. The van der Waals surface area contributed by atoms with E-state index in [0.717, 1.165) is 6.42 Å². The molecule has 0 spiro atoms. The second-order valence-corrected chi connectivity index (χ2v) is 6.86. The fourth-order valence-electron chi connectivity index (χ4n) is 2.76. The number of amides is 1. The first-order valence-electron chi connectivity index (χ1n) is 9.36. The molecule has 1 amide bonds. The third kappa shape index (κ3) is 6.87. The maximum atomic E-state index is 12.1. The number of benzene rings is 2. The summed E-state index contributed by atoms with van der Waals surface area (Å²) in [5.41, 5.74) is 1.92. The van der Waals surface area contributed by atoms with Crippen molar-refractivity contribution in [3.8, 4) is 5.75 Å². The van der Waals surface area contributed by atoms with E-state index < -0.39 is 0 Å². The third-order valence-electron chi connectivity index (χ3n) is 4.55. The van der Waals surface area contributed by atoms with E-state index in [2.05, 4.69) is 31.5 Å². The van der Waals surface area contributed by atoms with Crippen LogP contribution in [0.4, 0.5) is 0 Å². The van der Waals surface area contributed by atoms with E-state index >= 15 is 0 Å². The van der Waals surface area contributed by atoms with Gasteiger partial charge in [-0.15, -0.1) is 0 Å². The van der Waals surface area contributed by atoms with Crippen molar-refractivity contribution in [2.45, 2.75) is 25.8 Å². The lowest BCUT2D eigenvalue weighted by Gasteiger charge is -2.22. The molecule has 2 N–H and O–H groups in total. The van der Waals surface area contributed by atoms with Gasteiger partial charge in [0.05, 0.1) is 20.6 Å². The number of likely N-dealkylation sites (N-methyl/N-ethyl adjacent to an activating group) is 1. The Morgan fingerprint density at radius 2 is 1.70 bits per heavy atom. The fourth-order valence-corrected chi connectivity index (χ4v) is 2.76. The molecule has 0 unspecified atom stereocenters. The lowest BCUT2D eigenvalue weighted by Crippen LogP contribution is -3.11. The number of nitrogens with one attached hydrogen (secondary N) is 2. The number of carbonyl (C=O) groups excluding carboxylic acids is 2. The number of quaternary nitrogens is 1. The molecule has 1 atom stereocenters. The summed E-state index contributed by atoms with van der Waals surface area (Å²) in [5.74, 6) is 0.523. The molecule has 5 heteroatoms. The van der Waals surface area contributed by atoms with Crippen LogP contribution in [0.25, 0.3) is 0 Å². The minimum atomic E-state index is -0.150. The minimum Gasteiger partial charge on any atom is -0.484 e. The Hall–Kier alpha value is -2.66. The third-order valence-corrected chi connectivity index (χ3v) is 4.55. The topological polar surface area (TPSA) is 59.8 Å². The average Bonchev–Trinajstić information content (AvgIpc) is 2.69. The van der Waals surface area contributed by atoms with Gasteiger partial charge in [-0.3, -0.25) is 9.59 Å². The van der Waals surface area contributed by atoms with Crippen LogP contribution in [0, 0.1) is 0 Å². The highest BCUT2D eigenvalue weighted by molar-refractivity contribution is 5.95. The van der Waals surface area contributed by atoms with Crippen LogP contribution < -0.4 is 15.0 Å². The van der Waals surface area contributed by atoms with Gasteiger partial charge in [0.25, 0.3) is 5.91 Å². The maximum Gasteiger partial charge on any atom is 0.258 e. The van der Waals surface area contributed by atoms with Gasteiger partial charge in [-0.2, -0.15) is 0 Å². The molecule has 0 saturated carbocycles. The zero-order valence-electron chi connectivity index (χ0n) is 16.3. The molecule has 5 nitrogen and oxygen atoms in total. The van der Waals surface area contributed by atoms with E-state index in [9.17, 15) is 9.59 Å². The Labute approximate surface area is 161 Å². The van der Waals surface area contributed by atoms with E-state index in [0.29, 0.717) is 24.3 Å². The van der Waals surface area contributed by atoms with E-state index in [4.69, 9.17) is 4.74 Å². The van der Waals surface area contributed by atoms with Gasteiger partial charge in [-0.1, -0.05) is 37.3 Å². The minimum absolute atomic E-state index is 0.0398. The normalized spacial score (nSPS) is 11.9. The largest absolute Gasteiger partial charge is 0.484 e. The zero-order valence-corrected chi connectivity index (χ0v) is 16.3. The van der Waals surface area contributed by atoms with Crippen molar-refractivity contribution in [1.82, 2.24) is 5.32 Å². The lowest BCUT2D eigenvalue weighted by molar-refractivity contribution is -0.884. The monoisotopic (exact) mass is 369 g/mol. The molecule has 0 aliphatic carbocycles. The summed E-state index contributed by atoms with van der Waals surface area (Å²) in [6, 6.07) is 17.5. The van der Waals surface area contributed by atoms with Crippen molar-refractivity contribution in [3.05, 3.63) is 65.7 Å². The van der Waals surface area contributed by atoms with Crippen LogP contribution in [0.2, 0.25) is 0 Å². The van der Waals surface area contributed by atoms with Gasteiger partial charge in [0, 0.05) is 18.4 Å². The van der Waals surface area contributed by atoms with Crippen LogP contribution in [0.15, 0.2) is 54.6 Å². The zero-order chi connectivity index (χ0) is 19.6. The van der Waals surface area contributed by atoms with Crippen molar-refractivity contribution in [1.29, 1.82) is 0 Å².